The Kier molecular flexibility index (Phi) is 3.28. The molecule has 1 aliphatic rings. The van der Waals surface area contributed by atoms with Gasteiger partial charge in [0.25, 0.3) is 0 Å². The molecule has 0 radical (unpaired) electrons. The second-order valence-corrected chi connectivity index (χ2v) is 3.81. The van der Waals surface area contributed by atoms with E-state index in [0.717, 1.165) is 30.3 Å². The Balaban J connectivity index is 1.89. The van der Waals surface area contributed by atoms with Gasteiger partial charge in [0.1, 0.15) is 5.82 Å². The van der Waals surface area contributed by atoms with Gasteiger partial charge in [-0.1, -0.05) is 12.1 Å². The van der Waals surface area contributed by atoms with Crippen molar-refractivity contribution in [1.29, 1.82) is 0 Å². The summed E-state index contributed by atoms with van der Waals surface area (Å²) in [6, 6.07) is 6.47. The van der Waals surface area contributed by atoms with Crippen molar-refractivity contribution >= 4 is 0 Å². The van der Waals surface area contributed by atoms with Crippen molar-refractivity contribution in [3.05, 3.63) is 35.6 Å². The summed E-state index contributed by atoms with van der Waals surface area (Å²) in [6.45, 7) is 3.15. The molecule has 1 fully saturated rings. The van der Waals surface area contributed by atoms with Crippen molar-refractivity contribution in [2.24, 2.45) is 0 Å². The number of nitrogens with zero attached hydrogens (tertiary/aromatic N) is 2. The molecule has 0 unspecified atom stereocenters. The van der Waals surface area contributed by atoms with Crippen LogP contribution < -0.4 is 0 Å². The topological polar surface area (TPSA) is 6.48 Å². The Labute approximate surface area is 88.0 Å². The number of hydrogen-bond acceptors (Lipinski definition) is 2. The minimum atomic E-state index is -0.215. The van der Waals surface area contributed by atoms with Gasteiger partial charge in [0, 0.05) is 32.7 Å². The molecule has 1 aromatic rings. The van der Waals surface area contributed by atoms with E-state index < -0.39 is 0 Å². The molecule has 0 bridgehead atoms. The summed E-state index contributed by atoms with van der Waals surface area (Å²) in [6.07, 6.45) is 0. The van der Waals surface area contributed by atoms with E-state index >= 15 is 0 Å². The third-order valence-electron chi connectivity index (χ3n) is 2.64. The van der Waals surface area contributed by atoms with E-state index in [-0.39, 0.29) is 5.82 Å². The highest BCUT2D eigenvalue weighted by atomic mass is 19.2. The zero-order chi connectivity index (χ0) is 10.7. The lowest BCUT2D eigenvalue weighted by atomic mass is 10.2. The normalized spacial score (nSPS) is 19.3. The van der Waals surface area contributed by atoms with Crippen molar-refractivity contribution in [2.45, 2.75) is 6.54 Å². The van der Waals surface area contributed by atoms with Crippen LogP contribution in [0.3, 0.4) is 0 Å². The molecule has 0 amide bonds. The number of rotatable bonds is 2. The van der Waals surface area contributed by atoms with E-state index in [9.17, 15) is 8.87 Å². The minimum absolute atomic E-state index is 0.215. The van der Waals surface area contributed by atoms with Crippen LogP contribution in [-0.4, -0.2) is 36.2 Å². The highest BCUT2D eigenvalue weighted by molar-refractivity contribution is 5.15. The smallest absolute Gasteiger partial charge is 0.123 e. The Morgan fingerprint density at radius 1 is 1.00 bits per heavy atom. The molecule has 1 aliphatic heterocycles. The van der Waals surface area contributed by atoms with E-state index in [1.54, 1.807) is 12.1 Å². The van der Waals surface area contributed by atoms with E-state index in [1.165, 1.54) is 12.1 Å². The van der Waals surface area contributed by atoms with Gasteiger partial charge in [-0.25, -0.2) is 4.39 Å². The van der Waals surface area contributed by atoms with E-state index in [4.69, 9.17) is 0 Å². The summed E-state index contributed by atoms with van der Waals surface area (Å²) in [7, 11) is 0. The molecule has 1 heterocycles. The molecule has 2 nitrogen and oxygen atoms in total. The molecule has 0 spiro atoms. The first kappa shape index (κ1) is 10.5. The number of benzene rings is 1. The van der Waals surface area contributed by atoms with Gasteiger partial charge >= 0.3 is 0 Å². The SMILES string of the molecule is Fc1ccc(CN2CCN(F)CC2)cc1. The lowest BCUT2D eigenvalue weighted by Gasteiger charge is -2.29. The van der Waals surface area contributed by atoms with Gasteiger partial charge < -0.3 is 0 Å². The van der Waals surface area contributed by atoms with E-state index in [2.05, 4.69) is 4.90 Å². The van der Waals surface area contributed by atoms with Crippen LogP contribution >= 0.6 is 0 Å². The summed E-state index contributed by atoms with van der Waals surface area (Å²) in [5.74, 6) is -0.215. The van der Waals surface area contributed by atoms with Crippen LogP contribution in [0.4, 0.5) is 8.87 Å². The van der Waals surface area contributed by atoms with Gasteiger partial charge in [0.15, 0.2) is 0 Å². The van der Waals surface area contributed by atoms with Crippen LogP contribution in [0.15, 0.2) is 24.3 Å². The molecule has 0 saturated carbocycles. The lowest BCUT2D eigenvalue weighted by molar-refractivity contribution is -0.0235. The van der Waals surface area contributed by atoms with Crippen LogP contribution in [0, 0.1) is 5.82 Å². The van der Waals surface area contributed by atoms with Gasteiger partial charge in [-0.15, -0.1) is 9.60 Å². The molecule has 82 valence electrons. The van der Waals surface area contributed by atoms with Gasteiger partial charge in [-0.2, -0.15) is 0 Å². The van der Waals surface area contributed by atoms with Crippen molar-refractivity contribution in [3.63, 3.8) is 0 Å². The summed E-state index contributed by atoms with van der Waals surface area (Å²) in [5.41, 5.74) is 1.07. The van der Waals surface area contributed by atoms with Gasteiger partial charge in [-0.3, -0.25) is 4.90 Å². The van der Waals surface area contributed by atoms with Crippen LogP contribution in [0.1, 0.15) is 5.56 Å². The van der Waals surface area contributed by atoms with Crippen molar-refractivity contribution < 1.29 is 8.87 Å². The van der Waals surface area contributed by atoms with Crippen molar-refractivity contribution in [1.82, 2.24) is 10.0 Å². The van der Waals surface area contributed by atoms with E-state index in [1.807, 2.05) is 0 Å². The molecule has 1 aromatic carbocycles. The first-order valence-corrected chi connectivity index (χ1v) is 5.11. The van der Waals surface area contributed by atoms with Crippen LogP contribution in [0.2, 0.25) is 0 Å². The Bertz CT molecular complexity index is 305. The second kappa shape index (κ2) is 4.68. The molecule has 2 rings (SSSR count). The third kappa shape index (κ3) is 2.97. The van der Waals surface area contributed by atoms with Crippen LogP contribution in [-0.2, 0) is 6.54 Å². The Morgan fingerprint density at radius 3 is 2.20 bits per heavy atom. The summed E-state index contributed by atoms with van der Waals surface area (Å²) >= 11 is 0. The average molecular weight is 212 g/mol. The van der Waals surface area contributed by atoms with Crippen LogP contribution in [0.25, 0.3) is 0 Å². The molecular weight excluding hydrogens is 198 g/mol. The zero-order valence-electron chi connectivity index (χ0n) is 8.50. The largest absolute Gasteiger partial charge is 0.296 e. The molecule has 0 N–H and O–H groups in total. The fraction of sp³-hybridized carbons (Fsp3) is 0.455. The summed E-state index contributed by atoms with van der Waals surface area (Å²) in [5, 5.41) is 0.834. The maximum atomic E-state index is 12.7. The summed E-state index contributed by atoms with van der Waals surface area (Å²) < 4.78 is 25.4. The first-order chi connectivity index (χ1) is 7.24. The lowest BCUT2D eigenvalue weighted by Crippen LogP contribution is -2.42. The fourth-order valence-corrected chi connectivity index (χ4v) is 1.73. The first-order valence-electron chi connectivity index (χ1n) is 5.11. The van der Waals surface area contributed by atoms with E-state index in [0.29, 0.717) is 13.1 Å². The third-order valence-corrected chi connectivity index (χ3v) is 2.64. The number of halogens is 2. The Hall–Kier alpha value is -1.00. The molecule has 4 heteroatoms. The highest BCUT2D eigenvalue weighted by Crippen LogP contribution is 2.09. The van der Waals surface area contributed by atoms with Crippen molar-refractivity contribution in [2.75, 3.05) is 26.2 Å². The van der Waals surface area contributed by atoms with Crippen LogP contribution in [0.5, 0.6) is 0 Å². The quantitative estimate of drug-likeness (QED) is 0.690. The predicted molar refractivity (Wildman–Crippen MR) is 54.4 cm³/mol. The van der Waals surface area contributed by atoms with Gasteiger partial charge in [-0.05, 0) is 17.7 Å². The van der Waals surface area contributed by atoms with Gasteiger partial charge in [0.05, 0.1) is 0 Å². The second-order valence-electron chi connectivity index (χ2n) is 3.81. The standard InChI is InChI=1S/C11H14F2N2/c12-11-3-1-10(2-4-11)9-14-5-7-15(13)8-6-14/h1-4H,5-9H2. The highest BCUT2D eigenvalue weighted by Gasteiger charge is 2.15. The maximum Gasteiger partial charge on any atom is 0.123 e. The monoisotopic (exact) mass is 212 g/mol. The minimum Gasteiger partial charge on any atom is -0.296 e. The van der Waals surface area contributed by atoms with Gasteiger partial charge in [0.2, 0.25) is 0 Å². The maximum absolute atomic E-state index is 12.7. The van der Waals surface area contributed by atoms with Crippen molar-refractivity contribution in [3.8, 4) is 0 Å². The number of hydrogen-bond donors (Lipinski definition) is 0. The zero-order valence-corrected chi connectivity index (χ0v) is 8.50. The fourth-order valence-electron chi connectivity index (χ4n) is 1.73. The summed E-state index contributed by atoms with van der Waals surface area (Å²) in [4.78, 5) is 2.17. The number of piperazine rings is 1. The molecule has 0 aromatic heterocycles. The predicted octanol–water partition coefficient (Wildman–Crippen LogP) is 1.83. The molecule has 1 saturated heterocycles. The molecule has 15 heavy (non-hydrogen) atoms. The molecule has 0 aliphatic carbocycles. The molecule has 0 atom stereocenters. The molecular formula is C11H14F2N2. The Morgan fingerprint density at radius 2 is 1.60 bits per heavy atom. The average Bonchev–Trinajstić information content (AvgIpc) is 2.25.